The number of nitrogens with two attached hydrogens (primary N) is 1. The van der Waals surface area contributed by atoms with Crippen LogP contribution in [0.15, 0.2) is 0 Å². The van der Waals surface area contributed by atoms with Gasteiger partial charge in [0.2, 0.25) is 0 Å². The van der Waals surface area contributed by atoms with E-state index in [-0.39, 0.29) is 0 Å². The van der Waals surface area contributed by atoms with E-state index in [1.165, 1.54) is 13.8 Å². The smallest absolute Gasteiger partial charge is 0.325 e. The summed E-state index contributed by atoms with van der Waals surface area (Å²) in [7, 11) is -4.15. The predicted octanol–water partition coefficient (Wildman–Crippen LogP) is 0.701. The van der Waals surface area contributed by atoms with Crippen LogP contribution in [0.4, 0.5) is 13.2 Å². The van der Waals surface area contributed by atoms with Crippen LogP contribution in [0.3, 0.4) is 0 Å². The number of halogens is 3. The highest BCUT2D eigenvalue weighted by atomic mass is 32.2. The summed E-state index contributed by atoms with van der Waals surface area (Å²) in [5, 5.41) is 0. The SMILES string of the molecule is CC(C)(N)CS(=O)(=O)CC(F)(F)F. The van der Waals surface area contributed by atoms with Crippen molar-refractivity contribution in [2.75, 3.05) is 11.5 Å². The van der Waals surface area contributed by atoms with Crippen molar-refractivity contribution in [3.05, 3.63) is 0 Å². The molecule has 13 heavy (non-hydrogen) atoms. The van der Waals surface area contributed by atoms with Gasteiger partial charge < -0.3 is 5.73 Å². The van der Waals surface area contributed by atoms with Crippen LogP contribution in [0, 0.1) is 0 Å². The van der Waals surface area contributed by atoms with Gasteiger partial charge in [0.1, 0.15) is 5.75 Å². The number of hydrogen-bond donors (Lipinski definition) is 1. The quantitative estimate of drug-likeness (QED) is 0.760. The molecule has 0 aliphatic heterocycles. The topological polar surface area (TPSA) is 60.2 Å². The third-order valence-corrected chi connectivity index (χ3v) is 2.93. The standard InChI is InChI=1S/C6H12F3NO2S/c1-5(2,10)3-13(11,12)4-6(7,8)9/h3-4,10H2,1-2H3. The normalized spacial score (nSPS) is 14.6. The Kier molecular flexibility index (Phi) is 3.37. The largest absolute Gasteiger partial charge is 0.402 e. The minimum Gasteiger partial charge on any atom is -0.325 e. The molecule has 0 aromatic rings. The first-order valence-electron chi connectivity index (χ1n) is 3.47. The first-order valence-corrected chi connectivity index (χ1v) is 5.29. The molecule has 0 amide bonds. The maximum absolute atomic E-state index is 11.7. The van der Waals surface area contributed by atoms with E-state index in [0.29, 0.717) is 0 Å². The molecule has 0 heterocycles. The second kappa shape index (κ2) is 3.45. The van der Waals surface area contributed by atoms with Crippen molar-refractivity contribution >= 4 is 9.84 Å². The lowest BCUT2D eigenvalue weighted by atomic mass is 10.1. The van der Waals surface area contributed by atoms with Gasteiger partial charge >= 0.3 is 6.18 Å². The van der Waals surface area contributed by atoms with Gasteiger partial charge in [0.15, 0.2) is 9.84 Å². The Labute approximate surface area is 75.0 Å². The molecule has 0 aliphatic rings. The van der Waals surface area contributed by atoms with Crippen molar-refractivity contribution in [1.82, 2.24) is 0 Å². The first-order chi connectivity index (χ1) is 5.41. The summed E-state index contributed by atoms with van der Waals surface area (Å²) in [4.78, 5) is 0. The van der Waals surface area contributed by atoms with E-state index in [0.717, 1.165) is 0 Å². The van der Waals surface area contributed by atoms with Crippen molar-refractivity contribution in [3.63, 3.8) is 0 Å². The third kappa shape index (κ3) is 8.04. The zero-order chi connectivity index (χ0) is 10.9. The maximum Gasteiger partial charge on any atom is 0.402 e. The zero-order valence-corrected chi connectivity index (χ0v) is 8.17. The highest BCUT2D eigenvalue weighted by molar-refractivity contribution is 7.91. The summed E-state index contributed by atoms with van der Waals surface area (Å²) in [5.41, 5.74) is 4.16. The van der Waals surface area contributed by atoms with E-state index >= 15 is 0 Å². The zero-order valence-electron chi connectivity index (χ0n) is 7.35. The van der Waals surface area contributed by atoms with Crippen LogP contribution in [0.1, 0.15) is 13.8 Å². The number of alkyl halides is 3. The Hall–Kier alpha value is -0.300. The Morgan fingerprint density at radius 2 is 1.54 bits per heavy atom. The molecule has 0 aromatic heterocycles. The minimum absolute atomic E-state index is 0.667. The molecule has 0 bridgehead atoms. The molecule has 0 rings (SSSR count). The highest BCUT2D eigenvalue weighted by Crippen LogP contribution is 2.19. The van der Waals surface area contributed by atoms with Gasteiger partial charge in [0, 0.05) is 5.54 Å². The highest BCUT2D eigenvalue weighted by Gasteiger charge is 2.36. The second-order valence-electron chi connectivity index (χ2n) is 3.64. The molecule has 2 N–H and O–H groups in total. The van der Waals surface area contributed by atoms with Crippen LogP contribution >= 0.6 is 0 Å². The van der Waals surface area contributed by atoms with Gasteiger partial charge in [-0.25, -0.2) is 8.42 Å². The van der Waals surface area contributed by atoms with Crippen LogP contribution in [-0.4, -0.2) is 31.6 Å². The summed E-state index contributed by atoms with van der Waals surface area (Å²) < 4.78 is 56.8. The van der Waals surface area contributed by atoms with E-state index in [4.69, 9.17) is 5.73 Å². The monoisotopic (exact) mass is 219 g/mol. The van der Waals surface area contributed by atoms with Crippen LogP contribution in [0.5, 0.6) is 0 Å². The average molecular weight is 219 g/mol. The molecular weight excluding hydrogens is 207 g/mol. The first kappa shape index (κ1) is 12.7. The van der Waals surface area contributed by atoms with Crippen LogP contribution < -0.4 is 5.73 Å². The molecule has 0 spiro atoms. The second-order valence-corrected chi connectivity index (χ2v) is 5.70. The summed E-state index contributed by atoms with van der Waals surface area (Å²) in [6.07, 6.45) is -4.69. The molecule has 0 fully saturated rings. The third-order valence-electron chi connectivity index (χ3n) is 0.975. The average Bonchev–Trinajstić information content (AvgIpc) is 1.43. The fraction of sp³-hybridized carbons (Fsp3) is 1.00. The van der Waals surface area contributed by atoms with Gasteiger partial charge in [-0.05, 0) is 13.8 Å². The molecule has 0 saturated carbocycles. The number of hydrogen-bond acceptors (Lipinski definition) is 3. The van der Waals surface area contributed by atoms with Crippen molar-refractivity contribution in [1.29, 1.82) is 0 Å². The van der Waals surface area contributed by atoms with E-state index in [9.17, 15) is 21.6 Å². The van der Waals surface area contributed by atoms with Crippen molar-refractivity contribution < 1.29 is 21.6 Å². The summed E-state index contributed by atoms with van der Waals surface area (Å²) in [6.45, 7) is 2.72. The van der Waals surface area contributed by atoms with Gasteiger partial charge in [-0.15, -0.1) is 0 Å². The lowest BCUT2D eigenvalue weighted by Gasteiger charge is -2.18. The van der Waals surface area contributed by atoms with E-state index in [1.54, 1.807) is 0 Å². The predicted molar refractivity (Wildman–Crippen MR) is 43.0 cm³/mol. The molecule has 7 heteroatoms. The Morgan fingerprint density at radius 3 is 1.77 bits per heavy atom. The molecule has 0 atom stereocenters. The van der Waals surface area contributed by atoms with Crippen molar-refractivity contribution in [2.45, 2.75) is 25.6 Å². The minimum atomic E-state index is -4.69. The van der Waals surface area contributed by atoms with Crippen LogP contribution in [0.25, 0.3) is 0 Å². The van der Waals surface area contributed by atoms with E-state index in [1.807, 2.05) is 0 Å². The molecule has 0 aliphatic carbocycles. The Bertz CT molecular complexity index is 241. The Balaban J connectivity index is 4.46. The summed E-state index contributed by atoms with van der Waals surface area (Å²) >= 11 is 0. The van der Waals surface area contributed by atoms with E-state index < -0.39 is 33.1 Å². The van der Waals surface area contributed by atoms with Gasteiger partial charge in [0.05, 0.1) is 5.75 Å². The van der Waals surface area contributed by atoms with Crippen LogP contribution in [0.2, 0.25) is 0 Å². The molecule has 0 aromatic carbocycles. The van der Waals surface area contributed by atoms with Crippen molar-refractivity contribution in [2.24, 2.45) is 5.73 Å². The van der Waals surface area contributed by atoms with Gasteiger partial charge in [0.25, 0.3) is 0 Å². The summed E-state index contributed by atoms with van der Waals surface area (Å²) in [6, 6.07) is 0. The Morgan fingerprint density at radius 1 is 1.15 bits per heavy atom. The molecule has 3 nitrogen and oxygen atoms in total. The van der Waals surface area contributed by atoms with Gasteiger partial charge in [-0.2, -0.15) is 13.2 Å². The summed E-state index contributed by atoms with van der Waals surface area (Å²) in [5.74, 6) is -2.47. The fourth-order valence-corrected chi connectivity index (χ4v) is 2.60. The fourth-order valence-electron chi connectivity index (χ4n) is 0.867. The molecule has 0 unspecified atom stereocenters. The van der Waals surface area contributed by atoms with Gasteiger partial charge in [-0.3, -0.25) is 0 Å². The molecule has 0 radical (unpaired) electrons. The molecule has 0 saturated heterocycles. The number of rotatable bonds is 3. The van der Waals surface area contributed by atoms with E-state index in [2.05, 4.69) is 0 Å². The van der Waals surface area contributed by atoms with Crippen molar-refractivity contribution in [3.8, 4) is 0 Å². The maximum atomic E-state index is 11.7. The number of sulfone groups is 1. The molecular formula is C6H12F3NO2S. The van der Waals surface area contributed by atoms with Gasteiger partial charge in [-0.1, -0.05) is 0 Å². The van der Waals surface area contributed by atoms with Crippen LogP contribution in [-0.2, 0) is 9.84 Å². The molecule has 80 valence electrons. The lowest BCUT2D eigenvalue weighted by molar-refractivity contribution is -0.106. The lowest BCUT2D eigenvalue weighted by Crippen LogP contribution is -2.42.